The molecule has 1 amide bonds. The largest absolute Gasteiger partial charge is 0.375 e. The summed E-state index contributed by atoms with van der Waals surface area (Å²) in [5.41, 5.74) is 11.9. The van der Waals surface area contributed by atoms with E-state index in [-0.39, 0.29) is 5.91 Å². The smallest absolute Gasteiger partial charge is 0.267 e. The maximum Gasteiger partial charge on any atom is 0.267 e. The predicted molar refractivity (Wildman–Crippen MR) is 77.5 cm³/mol. The topological polar surface area (TPSA) is 92.4 Å². The molecule has 1 aromatic carbocycles. The van der Waals surface area contributed by atoms with Crippen LogP contribution >= 0.6 is 11.3 Å². The van der Waals surface area contributed by atoms with Crippen LogP contribution in [0.5, 0.6) is 0 Å². The first kappa shape index (κ1) is 11.9. The standard InChI is InChI=1S/C12H13N5OS/c1-2-14-11(18)9-5-6-7(16-17-9)3-4-8-10(6)19-12(13)15-8/h3-4,16H,2,5H2,1H3,(H2,13,15)(H,14,18). The summed E-state index contributed by atoms with van der Waals surface area (Å²) >= 11 is 1.43. The second-order valence-electron chi connectivity index (χ2n) is 4.20. The summed E-state index contributed by atoms with van der Waals surface area (Å²) in [7, 11) is 0. The van der Waals surface area contributed by atoms with E-state index in [1.54, 1.807) is 0 Å². The minimum Gasteiger partial charge on any atom is -0.375 e. The number of carbonyl (C=O) groups is 1. The van der Waals surface area contributed by atoms with Gasteiger partial charge < -0.3 is 11.1 Å². The van der Waals surface area contributed by atoms with E-state index in [2.05, 4.69) is 20.8 Å². The van der Waals surface area contributed by atoms with Gasteiger partial charge in [0.15, 0.2) is 5.13 Å². The van der Waals surface area contributed by atoms with Gasteiger partial charge in [0.1, 0.15) is 5.71 Å². The number of anilines is 2. The Labute approximate surface area is 113 Å². The van der Waals surface area contributed by atoms with Crippen LogP contribution in [0.4, 0.5) is 10.8 Å². The van der Waals surface area contributed by atoms with Gasteiger partial charge in [-0.3, -0.25) is 10.2 Å². The third kappa shape index (κ3) is 2.01. The number of hydrazone groups is 1. The lowest BCUT2D eigenvalue weighted by Crippen LogP contribution is -2.34. The third-order valence-electron chi connectivity index (χ3n) is 2.93. The van der Waals surface area contributed by atoms with Crippen molar-refractivity contribution >= 4 is 44.0 Å². The van der Waals surface area contributed by atoms with Crippen LogP contribution in [0.3, 0.4) is 0 Å². The van der Waals surface area contributed by atoms with Crippen LogP contribution in [0.15, 0.2) is 17.2 Å². The SMILES string of the molecule is CCNC(=O)C1=NNc2ccc3nc(N)sc3c2C1. The molecule has 0 fully saturated rings. The molecule has 1 aliphatic rings. The number of aromatic nitrogens is 1. The molecule has 0 radical (unpaired) electrons. The molecule has 19 heavy (non-hydrogen) atoms. The molecule has 7 heteroatoms. The first-order valence-electron chi connectivity index (χ1n) is 5.97. The summed E-state index contributed by atoms with van der Waals surface area (Å²) in [5.74, 6) is -0.143. The second-order valence-corrected chi connectivity index (χ2v) is 5.23. The minimum atomic E-state index is -0.143. The summed E-state index contributed by atoms with van der Waals surface area (Å²) in [4.78, 5) is 16.1. The molecule has 4 N–H and O–H groups in total. The van der Waals surface area contributed by atoms with Crippen LogP contribution in [-0.4, -0.2) is 23.1 Å². The number of nitrogens with zero attached hydrogens (tertiary/aromatic N) is 2. The maximum atomic E-state index is 11.8. The van der Waals surface area contributed by atoms with Crippen molar-refractivity contribution in [1.82, 2.24) is 10.3 Å². The average molecular weight is 275 g/mol. The molecule has 6 nitrogen and oxygen atoms in total. The molecule has 1 aromatic heterocycles. The van der Waals surface area contributed by atoms with Crippen LogP contribution in [0.1, 0.15) is 12.5 Å². The van der Waals surface area contributed by atoms with Gasteiger partial charge in [0, 0.05) is 18.5 Å². The molecule has 1 aliphatic heterocycles. The number of hydrogen-bond acceptors (Lipinski definition) is 6. The highest BCUT2D eigenvalue weighted by Crippen LogP contribution is 2.34. The van der Waals surface area contributed by atoms with E-state index in [4.69, 9.17) is 5.73 Å². The number of nitrogens with two attached hydrogens (primary N) is 1. The minimum absolute atomic E-state index is 0.143. The molecule has 0 saturated heterocycles. The first-order valence-corrected chi connectivity index (χ1v) is 6.79. The van der Waals surface area contributed by atoms with Gasteiger partial charge in [-0.05, 0) is 19.1 Å². The van der Waals surface area contributed by atoms with E-state index in [1.165, 1.54) is 11.3 Å². The molecule has 0 spiro atoms. The fourth-order valence-electron chi connectivity index (χ4n) is 2.07. The molecular weight excluding hydrogens is 262 g/mol. The number of amides is 1. The van der Waals surface area contributed by atoms with Crippen molar-refractivity contribution in [2.24, 2.45) is 5.10 Å². The molecule has 0 saturated carbocycles. The molecule has 0 atom stereocenters. The second kappa shape index (κ2) is 4.51. The van der Waals surface area contributed by atoms with Gasteiger partial charge in [0.25, 0.3) is 5.91 Å². The monoisotopic (exact) mass is 275 g/mol. The first-order chi connectivity index (χ1) is 9.19. The number of nitrogen functional groups attached to an aromatic ring is 1. The van der Waals surface area contributed by atoms with Crippen LogP contribution in [-0.2, 0) is 11.2 Å². The number of rotatable bonds is 2. The highest BCUT2D eigenvalue weighted by molar-refractivity contribution is 7.22. The number of nitrogens with one attached hydrogen (secondary N) is 2. The molecular formula is C12H13N5OS. The molecule has 3 rings (SSSR count). The summed E-state index contributed by atoms with van der Waals surface area (Å²) in [6.07, 6.45) is 0.493. The number of hydrogen-bond donors (Lipinski definition) is 3. The molecule has 98 valence electrons. The van der Waals surface area contributed by atoms with Crippen molar-refractivity contribution in [3.63, 3.8) is 0 Å². The summed E-state index contributed by atoms with van der Waals surface area (Å²) in [6, 6.07) is 3.81. The van der Waals surface area contributed by atoms with Gasteiger partial charge >= 0.3 is 0 Å². The lowest BCUT2D eigenvalue weighted by molar-refractivity contribution is -0.114. The Bertz CT molecular complexity index is 691. The lowest BCUT2D eigenvalue weighted by atomic mass is 10.0. The summed E-state index contributed by atoms with van der Waals surface area (Å²) in [5, 5.41) is 7.40. The Hall–Kier alpha value is -2.15. The zero-order valence-corrected chi connectivity index (χ0v) is 11.2. The van der Waals surface area contributed by atoms with Gasteiger partial charge in [-0.25, -0.2) is 4.98 Å². The molecule has 2 heterocycles. The van der Waals surface area contributed by atoms with Crippen LogP contribution < -0.4 is 16.5 Å². The highest BCUT2D eigenvalue weighted by Gasteiger charge is 2.21. The quantitative estimate of drug-likeness (QED) is 0.771. The van der Waals surface area contributed by atoms with Crippen molar-refractivity contribution in [1.29, 1.82) is 0 Å². The van der Waals surface area contributed by atoms with E-state index in [9.17, 15) is 4.79 Å². The number of carbonyl (C=O) groups excluding carboxylic acids is 1. The molecule has 0 unspecified atom stereocenters. The molecule has 0 bridgehead atoms. The Balaban J connectivity index is 2.02. The van der Waals surface area contributed by atoms with Gasteiger partial charge in [0.2, 0.25) is 0 Å². The maximum absolute atomic E-state index is 11.8. The van der Waals surface area contributed by atoms with Crippen LogP contribution in [0.25, 0.3) is 10.2 Å². The molecule has 0 aliphatic carbocycles. The van der Waals surface area contributed by atoms with E-state index in [0.717, 1.165) is 21.5 Å². The van der Waals surface area contributed by atoms with Crippen molar-refractivity contribution in [2.75, 3.05) is 17.7 Å². The number of benzene rings is 1. The van der Waals surface area contributed by atoms with E-state index < -0.39 is 0 Å². The zero-order valence-electron chi connectivity index (χ0n) is 10.4. The summed E-state index contributed by atoms with van der Waals surface area (Å²) in [6.45, 7) is 2.47. The Morgan fingerprint density at radius 1 is 1.58 bits per heavy atom. The Morgan fingerprint density at radius 3 is 3.21 bits per heavy atom. The van der Waals surface area contributed by atoms with E-state index in [0.29, 0.717) is 23.8 Å². The normalized spacial score (nSPS) is 13.6. The average Bonchev–Trinajstić information content (AvgIpc) is 2.79. The number of thiazole rings is 1. The van der Waals surface area contributed by atoms with Gasteiger partial charge in [-0.2, -0.15) is 5.10 Å². The Kier molecular flexibility index (Phi) is 2.83. The van der Waals surface area contributed by atoms with Crippen molar-refractivity contribution in [2.45, 2.75) is 13.3 Å². The van der Waals surface area contributed by atoms with E-state index >= 15 is 0 Å². The van der Waals surface area contributed by atoms with Crippen LogP contribution in [0, 0.1) is 0 Å². The van der Waals surface area contributed by atoms with Gasteiger partial charge in [0.05, 0.1) is 15.9 Å². The van der Waals surface area contributed by atoms with E-state index in [1.807, 2.05) is 19.1 Å². The predicted octanol–water partition coefficient (Wildman–Crippen LogP) is 1.34. The summed E-state index contributed by atoms with van der Waals surface area (Å²) < 4.78 is 1.01. The fraction of sp³-hybridized carbons (Fsp3) is 0.250. The van der Waals surface area contributed by atoms with Gasteiger partial charge in [-0.15, -0.1) is 0 Å². The number of fused-ring (bicyclic) bond motifs is 3. The lowest BCUT2D eigenvalue weighted by Gasteiger charge is -2.17. The van der Waals surface area contributed by atoms with Crippen LogP contribution in [0.2, 0.25) is 0 Å². The van der Waals surface area contributed by atoms with Crippen molar-refractivity contribution in [3.05, 3.63) is 17.7 Å². The highest BCUT2D eigenvalue weighted by atomic mass is 32.1. The third-order valence-corrected chi connectivity index (χ3v) is 3.89. The zero-order chi connectivity index (χ0) is 13.4. The van der Waals surface area contributed by atoms with Crippen molar-refractivity contribution in [3.8, 4) is 0 Å². The Morgan fingerprint density at radius 2 is 2.42 bits per heavy atom. The van der Waals surface area contributed by atoms with Gasteiger partial charge in [-0.1, -0.05) is 11.3 Å². The fourth-order valence-corrected chi connectivity index (χ4v) is 2.95. The molecule has 2 aromatic rings. The van der Waals surface area contributed by atoms with Crippen molar-refractivity contribution < 1.29 is 4.79 Å².